The summed E-state index contributed by atoms with van der Waals surface area (Å²) in [6.45, 7) is 9.29. The lowest BCUT2D eigenvalue weighted by Gasteiger charge is -2.24. The van der Waals surface area contributed by atoms with Crippen molar-refractivity contribution in [2.24, 2.45) is 5.92 Å². The number of nitrogens with one attached hydrogen (secondary N) is 1. The van der Waals surface area contributed by atoms with E-state index in [1.54, 1.807) is 0 Å². The van der Waals surface area contributed by atoms with Crippen LogP contribution in [0.15, 0.2) is 24.3 Å². The van der Waals surface area contributed by atoms with Crippen molar-refractivity contribution >= 4 is 5.91 Å². The Kier molecular flexibility index (Phi) is 6.90. The molecule has 1 atom stereocenters. The Morgan fingerprint density at radius 3 is 2.65 bits per heavy atom. The first-order chi connectivity index (χ1) is 11.2. The van der Waals surface area contributed by atoms with E-state index in [1.807, 2.05) is 31.2 Å². The number of hydrogen-bond donors (Lipinski definition) is 1. The summed E-state index contributed by atoms with van der Waals surface area (Å²) >= 11 is 0. The first-order valence-electron chi connectivity index (χ1n) is 8.91. The molecule has 4 nitrogen and oxygen atoms in total. The summed E-state index contributed by atoms with van der Waals surface area (Å²) in [5.74, 6) is 1.78. The number of likely N-dealkylation sites (N-methyl/N-ethyl adjacent to an activating group) is 1. The van der Waals surface area contributed by atoms with E-state index in [1.165, 1.54) is 12.8 Å². The molecule has 0 aromatic heterocycles. The Balaban J connectivity index is 1.96. The van der Waals surface area contributed by atoms with Gasteiger partial charge in [-0.1, -0.05) is 32.0 Å². The minimum Gasteiger partial charge on any atom is -0.494 e. The number of ether oxygens (including phenoxy) is 1. The quantitative estimate of drug-likeness (QED) is 0.719. The molecule has 1 aliphatic rings. The van der Waals surface area contributed by atoms with Gasteiger partial charge in [-0.15, -0.1) is 0 Å². The lowest BCUT2D eigenvalue weighted by Crippen LogP contribution is -2.39. The highest BCUT2D eigenvalue weighted by Crippen LogP contribution is 2.30. The first kappa shape index (κ1) is 17.8. The molecule has 1 aliphatic carbocycles. The maximum Gasteiger partial charge on any atom is 0.234 e. The molecule has 1 aromatic carbocycles. The molecule has 128 valence electrons. The topological polar surface area (TPSA) is 41.6 Å². The third-order valence-electron chi connectivity index (χ3n) is 4.37. The summed E-state index contributed by atoms with van der Waals surface area (Å²) in [4.78, 5) is 14.7. The van der Waals surface area contributed by atoms with E-state index >= 15 is 0 Å². The van der Waals surface area contributed by atoms with Gasteiger partial charge >= 0.3 is 0 Å². The monoisotopic (exact) mass is 318 g/mol. The fraction of sp³-hybridized carbons (Fsp3) is 0.632. The Morgan fingerprint density at radius 1 is 1.30 bits per heavy atom. The average Bonchev–Trinajstić information content (AvgIpc) is 3.37. The second-order valence-corrected chi connectivity index (χ2v) is 6.27. The highest BCUT2D eigenvalue weighted by atomic mass is 16.5. The molecule has 0 heterocycles. The number of benzene rings is 1. The summed E-state index contributed by atoms with van der Waals surface area (Å²) in [6.07, 6.45) is 3.49. The van der Waals surface area contributed by atoms with Crippen molar-refractivity contribution in [2.45, 2.75) is 46.1 Å². The van der Waals surface area contributed by atoms with Crippen LogP contribution in [0, 0.1) is 5.92 Å². The van der Waals surface area contributed by atoms with E-state index in [4.69, 9.17) is 4.74 Å². The van der Waals surface area contributed by atoms with Gasteiger partial charge in [-0.3, -0.25) is 9.69 Å². The van der Waals surface area contributed by atoms with Crippen molar-refractivity contribution in [3.63, 3.8) is 0 Å². The maximum absolute atomic E-state index is 12.4. The first-order valence-corrected chi connectivity index (χ1v) is 8.91. The SMILES string of the molecule is CCOc1ccccc1C(CC)NC(=O)CN(CC)CC1CC1. The summed E-state index contributed by atoms with van der Waals surface area (Å²) in [5.41, 5.74) is 1.07. The van der Waals surface area contributed by atoms with Gasteiger partial charge in [0.2, 0.25) is 5.91 Å². The van der Waals surface area contributed by atoms with E-state index < -0.39 is 0 Å². The molecule has 1 aromatic rings. The second-order valence-electron chi connectivity index (χ2n) is 6.27. The normalized spacial score (nSPS) is 15.5. The predicted molar refractivity (Wildman–Crippen MR) is 93.6 cm³/mol. The van der Waals surface area contributed by atoms with E-state index in [0.29, 0.717) is 13.2 Å². The summed E-state index contributed by atoms with van der Waals surface area (Å²) in [7, 11) is 0. The molecule has 23 heavy (non-hydrogen) atoms. The number of para-hydroxylation sites is 1. The van der Waals surface area contributed by atoms with Crippen molar-refractivity contribution in [1.29, 1.82) is 0 Å². The van der Waals surface area contributed by atoms with Crippen LogP contribution in [-0.4, -0.2) is 37.0 Å². The smallest absolute Gasteiger partial charge is 0.234 e. The van der Waals surface area contributed by atoms with E-state index in [-0.39, 0.29) is 11.9 Å². The average molecular weight is 318 g/mol. The van der Waals surface area contributed by atoms with Gasteiger partial charge < -0.3 is 10.1 Å². The number of hydrogen-bond acceptors (Lipinski definition) is 3. The standard InChI is InChI=1S/C19H30N2O2/c1-4-17(16-9-7-8-10-18(16)23-6-3)20-19(22)14-21(5-2)13-15-11-12-15/h7-10,15,17H,4-6,11-14H2,1-3H3,(H,20,22). The van der Waals surface area contributed by atoms with Crippen molar-refractivity contribution < 1.29 is 9.53 Å². The summed E-state index contributed by atoms with van der Waals surface area (Å²) in [6, 6.07) is 7.99. The Hall–Kier alpha value is -1.55. The van der Waals surface area contributed by atoms with Crippen LogP contribution in [0.4, 0.5) is 0 Å². The Morgan fingerprint density at radius 2 is 2.04 bits per heavy atom. The van der Waals surface area contributed by atoms with Crippen LogP contribution >= 0.6 is 0 Å². The molecule has 0 spiro atoms. The van der Waals surface area contributed by atoms with E-state index in [2.05, 4.69) is 24.1 Å². The van der Waals surface area contributed by atoms with Crippen molar-refractivity contribution in [2.75, 3.05) is 26.2 Å². The van der Waals surface area contributed by atoms with Gasteiger partial charge in [0.05, 0.1) is 19.2 Å². The van der Waals surface area contributed by atoms with Gasteiger partial charge in [0, 0.05) is 12.1 Å². The number of rotatable bonds is 10. The molecule has 0 bridgehead atoms. The third kappa shape index (κ3) is 5.54. The lowest BCUT2D eigenvalue weighted by atomic mass is 10.0. The fourth-order valence-electron chi connectivity index (χ4n) is 2.87. The molecule has 0 aliphatic heterocycles. The number of nitrogens with zero attached hydrogens (tertiary/aromatic N) is 1. The molecule has 0 saturated heterocycles. The van der Waals surface area contributed by atoms with Gasteiger partial charge in [-0.2, -0.15) is 0 Å². The van der Waals surface area contributed by atoms with Gasteiger partial charge in [0.1, 0.15) is 5.75 Å². The number of amides is 1. The highest BCUT2D eigenvalue weighted by molar-refractivity contribution is 5.78. The zero-order valence-electron chi connectivity index (χ0n) is 14.7. The molecule has 1 unspecified atom stereocenters. The predicted octanol–water partition coefficient (Wildman–Crippen LogP) is 3.38. The molecule has 1 N–H and O–H groups in total. The number of carbonyl (C=O) groups is 1. The Bertz CT molecular complexity index is 500. The van der Waals surface area contributed by atoms with E-state index in [9.17, 15) is 4.79 Å². The second kappa shape index (κ2) is 8.92. The molecule has 1 amide bonds. The molecule has 2 rings (SSSR count). The fourth-order valence-corrected chi connectivity index (χ4v) is 2.87. The van der Waals surface area contributed by atoms with Crippen LogP contribution in [0.25, 0.3) is 0 Å². The van der Waals surface area contributed by atoms with E-state index in [0.717, 1.165) is 36.7 Å². The van der Waals surface area contributed by atoms with Crippen molar-refractivity contribution in [1.82, 2.24) is 10.2 Å². The molecule has 1 fully saturated rings. The molecule has 1 saturated carbocycles. The van der Waals surface area contributed by atoms with Crippen LogP contribution in [0.3, 0.4) is 0 Å². The minimum absolute atomic E-state index is 0.00452. The maximum atomic E-state index is 12.4. The number of carbonyl (C=O) groups excluding carboxylic acids is 1. The van der Waals surface area contributed by atoms with Crippen molar-refractivity contribution in [3.05, 3.63) is 29.8 Å². The minimum atomic E-state index is 0.00452. The molecular formula is C19H30N2O2. The van der Waals surface area contributed by atoms with Crippen LogP contribution in [0.1, 0.15) is 51.6 Å². The zero-order chi connectivity index (χ0) is 16.7. The van der Waals surface area contributed by atoms with Crippen LogP contribution in [0.5, 0.6) is 5.75 Å². The van der Waals surface area contributed by atoms with Crippen LogP contribution < -0.4 is 10.1 Å². The zero-order valence-corrected chi connectivity index (χ0v) is 14.7. The van der Waals surface area contributed by atoms with Gasteiger partial charge in [-0.25, -0.2) is 0 Å². The Labute approximate surface area is 140 Å². The van der Waals surface area contributed by atoms with Crippen LogP contribution in [0.2, 0.25) is 0 Å². The summed E-state index contributed by atoms with van der Waals surface area (Å²) < 4.78 is 5.70. The lowest BCUT2D eigenvalue weighted by molar-refractivity contribution is -0.123. The molecule has 4 heteroatoms. The largest absolute Gasteiger partial charge is 0.494 e. The van der Waals surface area contributed by atoms with Gasteiger partial charge in [0.15, 0.2) is 0 Å². The van der Waals surface area contributed by atoms with Gasteiger partial charge in [-0.05, 0) is 44.7 Å². The third-order valence-corrected chi connectivity index (χ3v) is 4.37. The summed E-state index contributed by atoms with van der Waals surface area (Å²) in [5, 5.41) is 3.18. The molecular weight excluding hydrogens is 288 g/mol. The highest BCUT2D eigenvalue weighted by Gasteiger charge is 2.25. The van der Waals surface area contributed by atoms with Gasteiger partial charge in [0.25, 0.3) is 0 Å². The van der Waals surface area contributed by atoms with Crippen molar-refractivity contribution in [3.8, 4) is 5.75 Å². The molecule has 0 radical (unpaired) electrons. The van der Waals surface area contributed by atoms with Crippen LogP contribution in [-0.2, 0) is 4.79 Å².